The number of amides is 2. The Balaban J connectivity index is 1.57. The molecule has 0 aliphatic carbocycles. The first-order chi connectivity index (χ1) is 13.2. The lowest BCUT2D eigenvalue weighted by molar-refractivity contribution is 0.219. The number of nitrogens with one attached hydrogen (secondary N) is 2. The second kappa shape index (κ2) is 9.76. The van der Waals surface area contributed by atoms with Gasteiger partial charge in [0, 0.05) is 11.4 Å². The van der Waals surface area contributed by atoms with E-state index in [2.05, 4.69) is 40.0 Å². The summed E-state index contributed by atoms with van der Waals surface area (Å²) in [4.78, 5) is 16.3. The van der Waals surface area contributed by atoms with Crippen LogP contribution in [0.25, 0.3) is 0 Å². The number of hydrogen-bond donors (Lipinski definition) is 2. The van der Waals surface area contributed by atoms with Gasteiger partial charge >= 0.3 is 6.03 Å². The van der Waals surface area contributed by atoms with Crippen LogP contribution in [0.4, 0.5) is 4.79 Å². The Labute approximate surface area is 165 Å². The minimum absolute atomic E-state index is 0.0112. The molecule has 1 saturated heterocycles. The fraction of sp³-hybridized carbons (Fsp3) is 0.476. The van der Waals surface area contributed by atoms with E-state index < -0.39 is 0 Å². The average Bonchev–Trinajstić information content (AvgIpc) is 3.41. The lowest BCUT2D eigenvalue weighted by Crippen LogP contribution is -2.42. The molecule has 1 aromatic heterocycles. The van der Waals surface area contributed by atoms with Crippen LogP contribution in [0.3, 0.4) is 0 Å². The summed E-state index contributed by atoms with van der Waals surface area (Å²) in [5.74, 6) is 0.822. The van der Waals surface area contributed by atoms with Crippen molar-refractivity contribution in [1.82, 2.24) is 15.5 Å². The molecule has 2 amide bonds. The Hall–Kier alpha value is -2.05. The summed E-state index contributed by atoms with van der Waals surface area (Å²) in [6.45, 7) is 4.92. The minimum atomic E-state index is -0.113. The third-order valence-corrected chi connectivity index (χ3v) is 6.11. The molecule has 2 N–H and O–H groups in total. The molecular weight excluding hydrogens is 358 g/mol. The minimum Gasteiger partial charge on any atom is -0.497 e. The van der Waals surface area contributed by atoms with Gasteiger partial charge in [-0.15, -0.1) is 11.3 Å². The molecule has 0 spiro atoms. The summed E-state index contributed by atoms with van der Waals surface area (Å²) in [6.07, 6.45) is 3.31. The van der Waals surface area contributed by atoms with Crippen LogP contribution >= 0.6 is 11.3 Å². The molecule has 0 radical (unpaired) electrons. The van der Waals surface area contributed by atoms with Crippen molar-refractivity contribution in [3.8, 4) is 5.75 Å². The van der Waals surface area contributed by atoms with Crippen LogP contribution in [0, 0.1) is 0 Å². The zero-order valence-corrected chi connectivity index (χ0v) is 16.9. The van der Waals surface area contributed by atoms with E-state index >= 15 is 0 Å². The number of benzene rings is 1. The average molecular weight is 388 g/mol. The number of carbonyl (C=O) groups excluding carboxylic acids is 1. The number of likely N-dealkylation sites (tertiary alicyclic amines) is 1. The van der Waals surface area contributed by atoms with E-state index in [0.717, 1.165) is 30.8 Å². The topological polar surface area (TPSA) is 53.6 Å². The van der Waals surface area contributed by atoms with Gasteiger partial charge in [-0.1, -0.05) is 25.1 Å². The lowest BCUT2D eigenvalue weighted by atomic mass is 10.0. The SMILES string of the molecule is CCC(NC(=O)NCC(c1cccs1)N1CCCC1)c1ccc(OC)cc1. The summed E-state index contributed by atoms with van der Waals surface area (Å²) in [6, 6.07) is 12.3. The van der Waals surface area contributed by atoms with E-state index in [1.165, 1.54) is 17.7 Å². The maximum atomic E-state index is 12.5. The molecule has 6 heteroatoms. The fourth-order valence-corrected chi connectivity index (χ4v) is 4.46. The first kappa shape index (κ1) is 19.7. The van der Waals surface area contributed by atoms with Gasteiger partial charge in [0.25, 0.3) is 0 Å². The highest BCUT2D eigenvalue weighted by Gasteiger charge is 2.25. The van der Waals surface area contributed by atoms with Crippen molar-refractivity contribution in [3.63, 3.8) is 0 Å². The monoisotopic (exact) mass is 387 g/mol. The van der Waals surface area contributed by atoms with Crippen molar-refractivity contribution in [3.05, 3.63) is 52.2 Å². The van der Waals surface area contributed by atoms with E-state index in [1.807, 2.05) is 24.3 Å². The van der Waals surface area contributed by atoms with Gasteiger partial charge in [-0.05, 0) is 61.5 Å². The highest BCUT2D eigenvalue weighted by atomic mass is 32.1. The van der Waals surface area contributed by atoms with E-state index in [4.69, 9.17) is 4.74 Å². The Bertz CT molecular complexity index is 697. The summed E-state index contributed by atoms with van der Waals surface area (Å²) >= 11 is 1.76. The lowest BCUT2D eigenvalue weighted by Gasteiger charge is -2.27. The zero-order valence-electron chi connectivity index (χ0n) is 16.1. The van der Waals surface area contributed by atoms with Gasteiger partial charge in [0.05, 0.1) is 19.2 Å². The second-order valence-corrected chi connectivity index (χ2v) is 7.84. The van der Waals surface area contributed by atoms with Crippen LogP contribution in [0.15, 0.2) is 41.8 Å². The number of methoxy groups -OCH3 is 1. The van der Waals surface area contributed by atoms with Gasteiger partial charge in [-0.25, -0.2) is 4.79 Å². The van der Waals surface area contributed by atoms with Crippen LogP contribution in [-0.2, 0) is 0 Å². The quantitative estimate of drug-likeness (QED) is 0.708. The maximum absolute atomic E-state index is 12.5. The molecule has 0 saturated carbocycles. The molecule has 3 rings (SSSR count). The fourth-order valence-electron chi connectivity index (χ4n) is 3.60. The standard InChI is InChI=1S/C21H29N3O2S/c1-3-18(16-8-10-17(26-2)11-9-16)23-21(25)22-15-19(20-7-6-14-27-20)24-12-4-5-13-24/h6-11,14,18-19H,3-5,12-13,15H2,1-2H3,(H2,22,23,25). The maximum Gasteiger partial charge on any atom is 0.315 e. The molecule has 27 heavy (non-hydrogen) atoms. The number of thiophene rings is 1. The Morgan fingerprint density at radius 1 is 1.22 bits per heavy atom. The molecule has 146 valence electrons. The first-order valence-corrected chi connectivity index (χ1v) is 10.5. The number of ether oxygens (including phenoxy) is 1. The highest BCUT2D eigenvalue weighted by Crippen LogP contribution is 2.28. The summed E-state index contributed by atoms with van der Waals surface area (Å²) in [7, 11) is 1.66. The van der Waals surface area contributed by atoms with Crippen molar-refractivity contribution in [2.45, 2.75) is 38.3 Å². The van der Waals surface area contributed by atoms with Crippen molar-refractivity contribution in [1.29, 1.82) is 0 Å². The molecule has 1 fully saturated rings. The molecular formula is C21H29N3O2S. The van der Waals surface area contributed by atoms with Crippen LogP contribution in [0.5, 0.6) is 5.75 Å². The molecule has 1 aliphatic heterocycles. The largest absolute Gasteiger partial charge is 0.497 e. The predicted molar refractivity (Wildman–Crippen MR) is 110 cm³/mol. The van der Waals surface area contributed by atoms with E-state index in [1.54, 1.807) is 18.4 Å². The normalized spacial score (nSPS) is 16.7. The van der Waals surface area contributed by atoms with Gasteiger partial charge < -0.3 is 15.4 Å². The number of hydrogen-bond acceptors (Lipinski definition) is 4. The van der Waals surface area contributed by atoms with Gasteiger partial charge in [-0.2, -0.15) is 0 Å². The summed E-state index contributed by atoms with van der Waals surface area (Å²) in [5.41, 5.74) is 1.09. The van der Waals surface area contributed by atoms with Gasteiger partial charge in [0.15, 0.2) is 0 Å². The van der Waals surface area contributed by atoms with Crippen LogP contribution in [0.2, 0.25) is 0 Å². The zero-order chi connectivity index (χ0) is 19.1. The Kier molecular flexibility index (Phi) is 7.12. The molecule has 1 aliphatic rings. The molecule has 2 heterocycles. The van der Waals surface area contributed by atoms with E-state index in [-0.39, 0.29) is 18.1 Å². The molecule has 5 nitrogen and oxygen atoms in total. The summed E-state index contributed by atoms with van der Waals surface area (Å²) in [5, 5.41) is 8.31. The number of urea groups is 1. The predicted octanol–water partition coefficient (Wildman–Crippen LogP) is 4.34. The first-order valence-electron chi connectivity index (χ1n) is 9.67. The smallest absolute Gasteiger partial charge is 0.315 e. The number of carbonyl (C=O) groups is 1. The molecule has 0 bridgehead atoms. The molecule has 2 atom stereocenters. The van der Waals surface area contributed by atoms with Gasteiger partial charge in [0.2, 0.25) is 0 Å². The van der Waals surface area contributed by atoms with Gasteiger partial charge in [0.1, 0.15) is 5.75 Å². The molecule has 2 aromatic rings. The number of rotatable bonds is 8. The Morgan fingerprint density at radius 3 is 2.56 bits per heavy atom. The number of nitrogens with zero attached hydrogens (tertiary/aromatic N) is 1. The van der Waals surface area contributed by atoms with Crippen molar-refractivity contribution in [2.24, 2.45) is 0 Å². The van der Waals surface area contributed by atoms with E-state index in [0.29, 0.717) is 6.54 Å². The van der Waals surface area contributed by atoms with Crippen molar-refractivity contribution in [2.75, 3.05) is 26.7 Å². The Morgan fingerprint density at radius 2 is 1.96 bits per heavy atom. The highest BCUT2D eigenvalue weighted by molar-refractivity contribution is 7.10. The molecule has 2 unspecified atom stereocenters. The molecule has 1 aromatic carbocycles. The van der Waals surface area contributed by atoms with Crippen LogP contribution in [0.1, 0.15) is 48.7 Å². The third-order valence-electron chi connectivity index (χ3n) is 5.14. The van der Waals surface area contributed by atoms with Crippen molar-refractivity contribution < 1.29 is 9.53 Å². The summed E-state index contributed by atoms with van der Waals surface area (Å²) < 4.78 is 5.21. The van der Waals surface area contributed by atoms with Gasteiger partial charge in [-0.3, -0.25) is 4.90 Å². The van der Waals surface area contributed by atoms with Crippen LogP contribution < -0.4 is 15.4 Å². The second-order valence-electron chi connectivity index (χ2n) is 6.86. The van der Waals surface area contributed by atoms with Crippen molar-refractivity contribution >= 4 is 17.4 Å². The van der Waals surface area contributed by atoms with Crippen LogP contribution in [-0.4, -0.2) is 37.7 Å². The van der Waals surface area contributed by atoms with E-state index in [9.17, 15) is 4.79 Å². The third kappa shape index (κ3) is 5.23.